The van der Waals surface area contributed by atoms with Gasteiger partial charge >= 0.3 is 5.97 Å². The Morgan fingerprint density at radius 1 is 0.967 bits per heavy atom. The van der Waals surface area contributed by atoms with Crippen LogP contribution in [0.1, 0.15) is 26.3 Å². The number of ether oxygens (including phenoxy) is 3. The first-order chi connectivity index (χ1) is 14.7. The molecule has 0 spiro atoms. The molecule has 0 saturated carbocycles. The van der Waals surface area contributed by atoms with Crippen molar-refractivity contribution in [2.45, 2.75) is 0 Å². The summed E-state index contributed by atoms with van der Waals surface area (Å²) in [4.78, 5) is 25.0. The number of allylic oxidation sites excluding steroid dienone is 3. The number of hydrogen-bond donors (Lipinski definition) is 0. The molecule has 0 bridgehead atoms. The Bertz CT molecular complexity index is 1160. The fraction of sp³-hybridized carbons (Fsp3) is 0.0400. The van der Waals surface area contributed by atoms with Crippen molar-refractivity contribution in [2.24, 2.45) is 0 Å². The lowest BCUT2D eigenvalue weighted by Crippen LogP contribution is -2.10. The molecule has 0 radical (unpaired) electrons. The van der Waals surface area contributed by atoms with Crippen molar-refractivity contribution in [3.63, 3.8) is 0 Å². The first kappa shape index (κ1) is 19.2. The summed E-state index contributed by atoms with van der Waals surface area (Å²) in [5.41, 5.74) is 1.75. The predicted octanol–water partition coefficient (Wildman–Crippen LogP) is 5.09. The zero-order valence-corrected chi connectivity index (χ0v) is 16.2. The summed E-state index contributed by atoms with van der Waals surface area (Å²) in [6.07, 6.45) is 5.26. The molecule has 5 nitrogen and oxygen atoms in total. The Balaban J connectivity index is 1.50. The Kier molecular flexibility index (Phi) is 5.44. The Labute approximate surface area is 173 Å². The molecule has 3 aromatic carbocycles. The normalized spacial score (nSPS) is 13.9. The maximum Gasteiger partial charge on any atom is 0.347 e. The lowest BCUT2D eigenvalue weighted by atomic mass is 10.1. The van der Waals surface area contributed by atoms with Crippen molar-refractivity contribution >= 4 is 17.8 Å². The van der Waals surface area contributed by atoms with E-state index < -0.39 is 5.97 Å². The minimum Gasteiger partial charge on any atom is -0.496 e. The van der Waals surface area contributed by atoms with Crippen LogP contribution >= 0.6 is 0 Å². The number of ketones is 1. The van der Waals surface area contributed by atoms with E-state index in [4.69, 9.17) is 14.2 Å². The lowest BCUT2D eigenvalue weighted by Gasteiger charge is -2.08. The Morgan fingerprint density at radius 3 is 2.53 bits per heavy atom. The maximum atomic E-state index is 12.5. The fourth-order valence-corrected chi connectivity index (χ4v) is 3.03. The van der Waals surface area contributed by atoms with Gasteiger partial charge in [0.2, 0.25) is 5.78 Å². The summed E-state index contributed by atoms with van der Waals surface area (Å²) in [5, 5.41) is 0. The summed E-state index contributed by atoms with van der Waals surface area (Å²) < 4.78 is 16.3. The molecule has 148 valence electrons. The van der Waals surface area contributed by atoms with Gasteiger partial charge in [-0.05, 0) is 35.9 Å². The monoisotopic (exact) mass is 398 g/mol. The molecule has 0 saturated heterocycles. The largest absolute Gasteiger partial charge is 0.496 e. The molecular formula is C25H18O5. The highest BCUT2D eigenvalue weighted by molar-refractivity contribution is 6.12. The van der Waals surface area contributed by atoms with Crippen molar-refractivity contribution in [1.29, 1.82) is 0 Å². The molecule has 0 aromatic heterocycles. The van der Waals surface area contributed by atoms with Crippen LogP contribution in [0, 0.1) is 0 Å². The number of rotatable bonds is 5. The number of hydrogen-bond acceptors (Lipinski definition) is 5. The summed E-state index contributed by atoms with van der Waals surface area (Å²) in [7, 11) is 1.49. The highest BCUT2D eigenvalue weighted by Gasteiger charge is 2.27. The number of methoxy groups -OCH3 is 1. The maximum absolute atomic E-state index is 12.5. The average molecular weight is 398 g/mol. The van der Waals surface area contributed by atoms with Gasteiger partial charge < -0.3 is 14.2 Å². The highest BCUT2D eigenvalue weighted by Crippen LogP contribution is 2.34. The second-order valence-electron chi connectivity index (χ2n) is 6.48. The van der Waals surface area contributed by atoms with Crippen LogP contribution in [-0.2, 0) is 0 Å². The zero-order chi connectivity index (χ0) is 20.9. The van der Waals surface area contributed by atoms with Crippen molar-refractivity contribution in [2.75, 3.05) is 7.11 Å². The third kappa shape index (κ3) is 4.00. The van der Waals surface area contributed by atoms with E-state index in [9.17, 15) is 9.59 Å². The number of carbonyl (C=O) groups is 2. The smallest absolute Gasteiger partial charge is 0.347 e. The number of benzene rings is 3. The molecule has 1 aliphatic heterocycles. The van der Waals surface area contributed by atoms with Gasteiger partial charge in [-0.1, -0.05) is 54.6 Å². The Morgan fingerprint density at radius 2 is 1.73 bits per heavy atom. The van der Waals surface area contributed by atoms with Gasteiger partial charge in [0.05, 0.1) is 12.7 Å². The van der Waals surface area contributed by atoms with E-state index in [1.807, 2.05) is 36.4 Å². The van der Waals surface area contributed by atoms with E-state index in [1.54, 1.807) is 48.6 Å². The summed E-state index contributed by atoms with van der Waals surface area (Å²) >= 11 is 0. The average Bonchev–Trinajstić information content (AvgIpc) is 3.09. The summed E-state index contributed by atoms with van der Waals surface area (Å²) in [6, 6.07) is 21.2. The van der Waals surface area contributed by atoms with E-state index in [0.29, 0.717) is 22.6 Å². The summed E-state index contributed by atoms with van der Waals surface area (Å²) in [6.45, 7) is 0. The predicted molar refractivity (Wildman–Crippen MR) is 113 cm³/mol. The SMILES string of the molecule is COc1ccccc1C(=O)Oc1ccc2c(c1)OC(=CC=Cc1ccccc1)C2=O. The highest BCUT2D eigenvalue weighted by atomic mass is 16.5. The zero-order valence-electron chi connectivity index (χ0n) is 16.2. The molecule has 0 aliphatic carbocycles. The second kappa shape index (κ2) is 8.49. The quantitative estimate of drug-likeness (QED) is 0.340. The van der Waals surface area contributed by atoms with E-state index in [0.717, 1.165) is 5.56 Å². The molecule has 0 atom stereocenters. The molecule has 4 rings (SSSR count). The van der Waals surface area contributed by atoms with E-state index in [2.05, 4.69) is 0 Å². The van der Waals surface area contributed by atoms with E-state index >= 15 is 0 Å². The lowest BCUT2D eigenvalue weighted by molar-refractivity contribution is 0.0731. The topological polar surface area (TPSA) is 61.8 Å². The van der Waals surface area contributed by atoms with Crippen LogP contribution in [0.3, 0.4) is 0 Å². The van der Waals surface area contributed by atoms with Crippen LogP contribution in [0.4, 0.5) is 0 Å². The van der Waals surface area contributed by atoms with Gasteiger partial charge in [-0.25, -0.2) is 4.79 Å². The first-order valence-electron chi connectivity index (χ1n) is 9.31. The van der Waals surface area contributed by atoms with Crippen LogP contribution in [0.15, 0.2) is 90.7 Å². The van der Waals surface area contributed by atoms with Crippen molar-refractivity contribution < 1.29 is 23.8 Å². The molecule has 3 aromatic rings. The molecule has 0 fully saturated rings. The van der Waals surface area contributed by atoms with Crippen LogP contribution in [-0.4, -0.2) is 18.9 Å². The van der Waals surface area contributed by atoms with Crippen LogP contribution in [0.25, 0.3) is 6.08 Å². The third-order valence-corrected chi connectivity index (χ3v) is 4.51. The molecule has 0 amide bonds. The summed E-state index contributed by atoms with van der Waals surface area (Å²) in [5.74, 6) is 0.489. The van der Waals surface area contributed by atoms with Crippen LogP contribution in [0.5, 0.6) is 17.2 Å². The van der Waals surface area contributed by atoms with Gasteiger partial charge in [0.25, 0.3) is 0 Å². The molecule has 30 heavy (non-hydrogen) atoms. The van der Waals surface area contributed by atoms with Crippen LogP contribution < -0.4 is 14.2 Å². The molecule has 1 aliphatic rings. The first-order valence-corrected chi connectivity index (χ1v) is 9.31. The van der Waals surface area contributed by atoms with E-state index in [1.165, 1.54) is 13.2 Å². The Hall–Kier alpha value is -4.12. The molecule has 0 N–H and O–H groups in total. The van der Waals surface area contributed by atoms with Crippen molar-refractivity contribution in [3.8, 4) is 17.2 Å². The number of fused-ring (bicyclic) bond motifs is 1. The number of carbonyl (C=O) groups excluding carboxylic acids is 2. The molecule has 5 heteroatoms. The number of Topliss-reactive ketones (excluding diaryl/α,β-unsaturated/α-hetero) is 1. The minimum atomic E-state index is -0.557. The second-order valence-corrected chi connectivity index (χ2v) is 6.48. The standard InChI is InChI=1S/C25H18O5/c1-28-21-12-6-5-11-20(21)25(27)29-18-14-15-19-23(16-18)30-22(24(19)26)13-7-10-17-8-3-2-4-9-17/h2-16H,1H3. The minimum absolute atomic E-state index is 0.213. The van der Waals surface area contributed by atoms with Crippen LogP contribution in [0.2, 0.25) is 0 Å². The van der Waals surface area contributed by atoms with Gasteiger partial charge in [0, 0.05) is 6.07 Å². The van der Waals surface area contributed by atoms with Crippen molar-refractivity contribution in [3.05, 3.63) is 107 Å². The van der Waals surface area contributed by atoms with Gasteiger partial charge in [0.1, 0.15) is 22.8 Å². The number of para-hydroxylation sites is 1. The van der Waals surface area contributed by atoms with E-state index in [-0.39, 0.29) is 17.3 Å². The molecule has 1 heterocycles. The van der Waals surface area contributed by atoms with Gasteiger partial charge in [0.15, 0.2) is 5.76 Å². The molecule has 0 unspecified atom stereocenters. The van der Waals surface area contributed by atoms with Gasteiger partial charge in [-0.15, -0.1) is 0 Å². The fourth-order valence-electron chi connectivity index (χ4n) is 3.03. The van der Waals surface area contributed by atoms with Gasteiger partial charge in [-0.2, -0.15) is 0 Å². The van der Waals surface area contributed by atoms with Crippen molar-refractivity contribution in [1.82, 2.24) is 0 Å². The third-order valence-electron chi connectivity index (χ3n) is 4.51. The van der Waals surface area contributed by atoms with Gasteiger partial charge in [-0.3, -0.25) is 4.79 Å². The molecular weight excluding hydrogens is 380 g/mol. The number of esters is 1.